The van der Waals surface area contributed by atoms with Gasteiger partial charge in [-0.3, -0.25) is 4.79 Å². The Morgan fingerprint density at radius 3 is 2.59 bits per heavy atom. The quantitative estimate of drug-likeness (QED) is 0.468. The van der Waals surface area contributed by atoms with E-state index in [-0.39, 0.29) is 6.61 Å². The summed E-state index contributed by atoms with van der Waals surface area (Å²) in [6, 6.07) is 0.405. The second-order valence-electron chi connectivity index (χ2n) is 3.08. The van der Waals surface area contributed by atoms with E-state index in [1.165, 1.54) is 6.92 Å². The van der Waals surface area contributed by atoms with Gasteiger partial charge in [0.25, 0.3) is 6.43 Å². The fourth-order valence-corrected chi connectivity index (χ4v) is 1.15. The summed E-state index contributed by atoms with van der Waals surface area (Å²) in [4.78, 5) is 13.9. The molecule has 17 heavy (non-hydrogen) atoms. The summed E-state index contributed by atoms with van der Waals surface area (Å²) < 4.78 is 55.2. The maximum atomic E-state index is 13.3. The standard InChI is InChI=1S/C10H9F4NO2/c1-2-17-8(16)3-5-6(11)4-7(9(12)13)15-10(5)14/h4,9H,2-3H2,1H3. The van der Waals surface area contributed by atoms with Crippen LogP contribution in [0.4, 0.5) is 17.6 Å². The second-order valence-corrected chi connectivity index (χ2v) is 3.08. The first-order valence-corrected chi connectivity index (χ1v) is 4.74. The SMILES string of the molecule is CCOC(=O)Cc1c(F)cc(C(F)F)nc1F. The number of alkyl halides is 2. The molecule has 1 rings (SSSR count). The lowest BCUT2D eigenvalue weighted by atomic mass is 10.1. The molecule has 0 amide bonds. The van der Waals surface area contributed by atoms with Gasteiger partial charge in [0, 0.05) is 6.07 Å². The number of pyridine rings is 1. The van der Waals surface area contributed by atoms with Crippen molar-refractivity contribution < 1.29 is 27.1 Å². The number of aromatic nitrogens is 1. The van der Waals surface area contributed by atoms with E-state index in [1.54, 1.807) is 0 Å². The summed E-state index contributed by atoms with van der Waals surface area (Å²) in [6.07, 6.45) is -3.75. The molecule has 0 fully saturated rings. The summed E-state index contributed by atoms with van der Waals surface area (Å²) in [5.41, 5.74) is -1.68. The van der Waals surface area contributed by atoms with Crippen molar-refractivity contribution in [1.29, 1.82) is 0 Å². The Morgan fingerprint density at radius 1 is 1.47 bits per heavy atom. The highest BCUT2D eigenvalue weighted by atomic mass is 19.3. The van der Waals surface area contributed by atoms with Gasteiger partial charge in [0.05, 0.1) is 18.6 Å². The first kappa shape index (κ1) is 13.4. The van der Waals surface area contributed by atoms with E-state index in [4.69, 9.17) is 0 Å². The minimum atomic E-state index is -3.07. The van der Waals surface area contributed by atoms with Crippen molar-refractivity contribution in [3.8, 4) is 0 Å². The number of hydrogen-bond donors (Lipinski definition) is 0. The molecule has 1 aromatic heterocycles. The number of nitrogens with zero attached hydrogens (tertiary/aromatic N) is 1. The van der Waals surface area contributed by atoms with Crippen LogP contribution in [0.2, 0.25) is 0 Å². The summed E-state index contributed by atoms with van der Waals surface area (Å²) in [6.45, 7) is 1.59. The van der Waals surface area contributed by atoms with Crippen LogP contribution < -0.4 is 0 Å². The number of esters is 1. The average molecular weight is 251 g/mol. The van der Waals surface area contributed by atoms with Gasteiger partial charge in [-0.25, -0.2) is 18.2 Å². The molecular weight excluding hydrogens is 242 g/mol. The van der Waals surface area contributed by atoms with Crippen molar-refractivity contribution >= 4 is 5.97 Å². The second kappa shape index (κ2) is 5.60. The molecule has 1 aromatic rings. The van der Waals surface area contributed by atoms with Crippen molar-refractivity contribution in [2.24, 2.45) is 0 Å². The summed E-state index contributed by atoms with van der Waals surface area (Å²) >= 11 is 0. The molecule has 0 radical (unpaired) electrons. The van der Waals surface area contributed by atoms with Crippen LogP contribution in [-0.2, 0) is 16.0 Å². The Morgan fingerprint density at radius 2 is 2.12 bits per heavy atom. The number of hydrogen-bond acceptors (Lipinski definition) is 3. The van der Waals surface area contributed by atoms with E-state index < -0.39 is 41.8 Å². The number of carbonyl (C=O) groups excluding carboxylic acids is 1. The van der Waals surface area contributed by atoms with Crippen LogP contribution in [0.5, 0.6) is 0 Å². The molecule has 7 heteroatoms. The fraction of sp³-hybridized carbons (Fsp3) is 0.400. The zero-order valence-corrected chi connectivity index (χ0v) is 8.84. The minimum Gasteiger partial charge on any atom is -0.466 e. The lowest BCUT2D eigenvalue weighted by Crippen LogP contribution is -2.12. The monoisotopic (exact) mass is 251 g/mol. The predicted octanol–water partition coefficient (Wildman–Crippen LogP) is 2.40. The lowest BCUT2D eigenvalue weighted by molar-refractivity contribution is -0.142. The van der Waals surface area contributed by atoms with E-state index >= 15 is 0 Å². The van der Waals surface area contributed by atoms with Crippen molar-refractivity contribution in [1.82, 2.24) is 4.98 Å². The van der Waals surface area contributed by atoms with Crippen molar-refractivity contribution in [2.75, 3.05) is 6.61 Å². The molecule has 0 aliphatic carbocycles. The van der Waals surface area contributed by atoms with Crippen molar-refractivity contribution in [3.63, 3.8) is 0 Å². The van der Waals surface area contributed by atoms with Crippen LogP contribution in [0, 0.1) is 11.8 Å². The average Bonchev–Trinajstić information content (AvgIpc) is 2.23. The topological polar surface area (TPSA) is 39.2 Å². The molecule has 0 bridgehead atoms. The molecule has 0 aliphatic rings. The third kappa shape index (κ3) is 3.40. The normalized spacial score (nSPS) is 10.7. The highest BCUT2D eigenvalue weighted by molar-refractivity contribution is 5.72. The van der Waals surface area contributed by atoms with Gasteiger partial charge in [-0.1, -0.05) is 0 Å². The van der Waals surface area contributed by atoms with Gasteiger partial charge in [0.2, 0.25) is 5.95 Å². The molecule has 0 atom stereocenters. The third-order valence-electron chi connectivity index (χ3n) is 1.89. The number of halogens is 4. The van der Waals surface area contributed by atoms with E-state index in [9.17, 15) is 22.4 Å². The molecule has 0 aromatic carbocycles. The molecule has 0 saturated carbocycles. The van der Waals surface area contributed by atoms with Crippen molar-refractivity contribution in [2.45, 2.75) is 19.8 Å². The Labute approximate surface area is 94.4 Å². The summed E-state index contributed by atoms with van der Waals surface area (Å²) in [7, 11) is 0. The van der Waals surface area contributed by atoms with E-state index in [1.807, 2.05) is 0 Å². The maximum absolute atomic E-state index is 13.3. The molecule has 0 spiro atoms. The van der Waals surface area contributed by atoms with Gasteiger partial charge in [0.15, 0.2) is 0 Å². The van der Waals surface area contributed by atoms with Gasteiger partial charge >= 0.3 is 5.97 Å². The molecule has 3 nitrogen and oxygen atoms in total. The Kier molecular flexibility index (Phi) is 4.42. The largest absolute Gasteiger partial charge is 0.466 e. The first-order valence-electron chi connectivity index (χ1n) is 4.74. The van der Waals surface area contributed by atoms with Crippen LogP contribution in [0.3, 0.4) is 0 Å². The smallest absolute Gasteiger partial charge is 0.310 e. The number of rotatable bonds is 4. The molecule has 0 unspecified atom stereocenters. The van der Waals surface area contributed by atoms with E-state index in [0.29, 0.717) is 6.07 Å². The third-order valence-corrected chi connectivity index (χ3v) is 1.89. The van der Waals surface area contributed by atoms with E-state index in [0.717, 1.165) is 0 Å². The van der Waals surface area contributed by atoms with E-state index in [2.05, 4.69) is 9.72 Å². The summed E-state index contributed by atoms with van der Waals surface area (Å²) in [5.74, 6) is -3.51. The fourth-order valence-electron chi connectivity index (χ4n) is 1.15. The van der Waals surface area contributed by atoms with Gasteiger partial charge in [-0.15, -0.1) is 0 Å². The first-order chi connectivity index (χ1) is 7.95. The summed E-state index contributed by atoms with van der Waals surface area (Å²) in [5, 5.41) is 0. The van der Waals surface area contributed by atoms with Gasteiger partial charge in [0.1, 0.15) is 11.5 Å². The molecular formula is C10H9F4NO2. The van der Waals surface area contributed by atoms with Gasteiger partial charge in [-0.2, -0.15) is 4.39 Å². The number of carbonyl (C=O) groups is 1. The molecule has 1 heterocycles. The van der Waals surface area contributed by atoms with Crippen LogP contribution in [0.25, 0.3) is 0 Å². The lowest BCUT2D eigenvalue weighted by Gasteiger charge is -2.06. The molecule has 94 valence electrons. The Bertz CT molecular complexity index is 400. The maximum Gasteiger partial charge on any atom is 0.310 e. The van der Waals surface area contributed by atoms with Gasteiger partial charge in [-0.05, 0) is 6.92 Å². The van der Waals surface area contributed by atoms with Crippen molar-refractivity contribution in [3.05, 3.63) is 29.1 Å². The highest BCUT2D eigenvalue weighted by Gasteiger charge is 2.20. The number of ether oxygens (including phenoxy) is 1. The predicted molar refractivity (Wildman–Crippen MR) is 49.4 cm³/mol. The molecule has 0 aliphatic heterocycles. The van der Waals surface area contributed by atoms with Crippen LogP contribution >= 0.6 is 0 Å². The Hall–Kier alpha value is -1.66. The zero-order chi connectivity index (χ0) is 13.0. The highest BCUT2D eigenvalue weighted by Crippen LogP contribution is 2.21. The molecule has 0 saturated heterocycles. The Balaban J connectivity index is 2.97. The van der Waals surface area contributed by atoms with Crippen LogP contribution in [-0.4, -0.2) is 17.6 Å². The van der Waals surface area contributed by atoms with Gasteiger partial charge < -0.3 is 4.74 Å². The van der Waals surface area contributed by atoms with Crippen LogP contribution in [0.15, 0.2) is 6.07 Å². The van der Waals surface area contributed by atoms with Crippen LogP contribution in [0.1, 0.15) is 24.6 Å². The molecule has 0 N–H and O–H groups in total. The zero-order valence-electron chi connectivity index (χ0n) is 8.84. The minimum absolute atomic E-state index is 0.0601.